The fourth-order valence-corrected chi connectivity index (χ4v) is 4.65. The molecule has 1 aliphatic rings. The molecular formula is C20H25N3O6S2. The minimum atomic E-state index is -1.05. The highest BCUT2D eigenvalue weighted by Gasteiger charge is 2.57. The van der Waals surface area contributed by atoms with Crippen LogP contribution in [0.3, 0.4) is 0 Å². The topological polar surface area (TPSA) is 131 Å². The lowest BCUT2D eigenvalue weighted by molar-refractivity contribution is -0.130. The largest absolute Gasteiger partial charge is 0.364 e. The van der Waals surface area contributed by atoms with E-state index in [9.17, 15) is 24.0 Å². The van der Waals surface area contributed by atoms with Crippen LogP contribution in [0, 0.1) is 0 Å². The first kappa shape index (κ1) is 24.9. The molecule has 11 heteroatoms. The van der Waals surface area contributed by atoms with E-state index in [-0.39, 0.29) is 43.0 Å². The number of rotatable bonds is 13. The van der Waals surface area contributed by atoms with Crippen LogP contribution in [-0.4, -0.2) is 60.2 Å². The molecule has 1 aromatic rings. The summed E-state index contributed by atoms with van der Waals surface area (Å²) >= 11 is 0. The van der Waals surface area contributed by atoms with Gasteiger partial charge in [-0.1, -0.05) is 33.7 Å². The summed E-state index contributed by atoms with van der Waals surface area (Å²) in [5, 5.41) is 7.83. The molecule has 0 atom stereocenters. The number of hydrogen-bond acceptors (Lipinski definition) is 8. The minimum Gasteiger partial charge on any atom is -0.364 e. The number of ketones is 2. The fourth-order valence-electron chi connectivity index (χ4n) is 2.52. The zero-order valence-electron chi connectivity index (χ0n) is 17.3. The van der Waals surface area contributed by atoms with Crippen molar-refractivity contribution in [2.45, 2.75) is 30.3 Å². The molecule has 3 N–H and O–H groups in total. The van der Waals surface area contributed by atoms with E-state index < -0.39 is 9.99 Å². The average Bonchev–Trinajstić information content (AvgIpc) is 3.55. The molecule has 1 aliphatic heterocycles. The molecule has 0 saturated carbocycles. The number of amides is 3. The Labute approximate surface area is 188 Å². The number of aryl methyl sites for hydroxylation is 1. The highest BCUT2D eigenvalue weighted by atomic mass is 33.2. The van der Waals surface area contributed by atoms with Crippen LogP contribution in [-0.2, 0) is 35.1 Å². The van der Waals surface area contributed by atoms with Gasteiger partial charge in [0.1, 0.15) is 13.2 Å². The van der Waals surface area contributed by atoms with E-state index in [0.717, 1.165) is 5.56 Å². The number of ether oxygens (including phenoxy) is 1. The number of nitrogens with one attached hydrogen (secondary N) is 3. The van der Waals surface area contributed by atoms with Crippen molar-refractivity contribution in [1.29, 1.82) is 0 Å². The molecule has 2 rings (SSSR count). The van der Waals surface area contributed by atoms with Gasteiger partial charge in [-0.2, -0.15) is 0 Å². The lowest BCUT2D eigenvalue weighted by atomic mass is 10.1. The predicted molar refractivity (Wildman–Crippen MR) is 120 cm³/mol. The monoisotopic (exact) mass is 467 g/mol. The van der Waals surface area contributed by atoms with Crippen molar-refractivity contribution in [2.75, 3.05) is 32.1 Å². The van der Waals surface area contributed by atoms with E-state index in [2.05, 4.69) is 16.0 Å². The maximum absolute atomic E-state index is 12.0. The summed E-state index contributed by atoms with van der Waals surface area (Å²) in [7, 11) is 3.95. The van der Waals surface area contributed by atoms with Crippen molar-refractivity contribution < 1.29 is 28.7 Å². The van der Waals surface area contributed by atoms with Crippen LogP contribution in [0.4, 0.5) is 5.69 Å². The molecule has 168 valence electrons. The molecule has 0 bridgehead atoms. The fraction of sp³-hybridized carbons (Fsp3) is 0.450. The van der Waals surface area contributed by atoms with Gasteiger partial charge in [0.05, 0.1) is 0 Å². The molecule has 0 radical (unpaired) electrons. The average molecular weight is 468 g/mol. The maximum atomic E-state index is 12.0. The molecule has 1 heterocycles. The Hall–Kier alpha value is -2.37. The second-order valence-corrected chi connectivity index (χ2v) is 9.59. The van der Waals surface area contributed by atoms with Crippen LogP contribution >= 0.6 is 21.6 Å². The van der Waals surface area contributed by atoms with Gasteiger partial charge >= 0.3 is 0 Å². The first-order valence-electron chi connectivity index (χ1n) is 9.62. The second kappa shape index (κ2) is 11.9. The third-order valence-corrected chi connectivity index (χ3v) is 7.41. The van der Waals surface area contributed by atoms with E-state index in [4.69, 9.17) is 4.74 Å². The molecule has 0 aliphatic carbocycles. The van der Waals surface area contributed by atoms with Gasteiger partial charge < -0.3 is 20.7 Å². The van der Waals surface area contributed by atoms with Gasteiger partial charge in [-0.25, -0.2) is 0 Å². The second-order valence-electron chi connectivity index (χ2n) is 6.77. The van der Waals surface area contributed by atoms with Gasteiger partial charge in [-0.3, -0.25) is 24.0 Å². The lowest BCUT2D eigenvalue weighted by Gasteiger charge is -2.09. The minimum absolute atomic E-state index is 0.129. The Morgan fingerprint density at radius 1 is 0.935 bits per heavy atom. The SMILES string of the molecule is CNC(=O)CCNC(=O)CCc1ccc(NC(=O)COCC(=O)C2(C(C)=O)SS2)cc1. The molecule has 0 aromatic heterocycles. The van der Waals surface area contributed by atoms with Crippen molar-refractivity contribution >= 4 is 56.6 Å². The van der Waals surface area contributed by atoms with Crippen molar-refractivity contribution in [3.05, 3.63) is 29.8 Å². The van der Waals surface area contributed by atoms with Gasteiger partial charge in [0.25, 0.3) is 0 Å². The number of carbonyl (C=O) groups is 5. The molecule has 3 amide bonds. The van der Waals surface area contributed by atoms with Gasteiger partial charge in [-0.15, -0.1) is 0 Å². The summed E-state index contributed by atoms with van der Waals surface area (Å²) in [4.78, 5) is 58.3. The van der Waals surface area contributed by atoms with Crippen LogP contribution in [0.15, 0.2) is 24.3 Å². The molecule has 0 unspecified atom stereocenters. The first-order chi connectivity index (χ1) is 14.8. The summed E-state index contributed by atoms with van der Waals surface area (Å²) in [5.74, 6) is -1.24. The summed E-state index contributed by atoms with van der Waals surface area (Å²) in [6.45, 7) is 1.07. The quantitative estimate of drug-likeness (QED) is 0.223. The summed E-state index contributed by atoms with van der Waals surface area (Å²) in [5.41, 5.74) is 1.49. The Balaban J connectivity index is 1.65. The Bertz CT molecular complexity index is 840. The maximum Gasteiger partial charge on any atom is 0.250 e. The van der Waals surface area contributed by atoms with E-state index >= 15 is 0 Å². The Morgan fingerprint density at radius 3 is 2.19 bits per heavy atom. The molecule has 1 aromatic carbocycles. The lowest BCUT2D eigenvalue weighted by Crippen LogP contribution is -2.32. The van der Waals surface area contributed by atoms with Crippen molar-refractivity contribution in [3.63, 3.8) is 0 Å². The molecule has 1 fully saturated rings. The number of benzene rings is 1. The van der Waals surface area contributed by atoms with Crippen LogP contribution in [0.2, 0.25) is 0 Å². The number of Topliss-reactive ketones (excluding diaryl/α,β-unsaturated/α-hetero) is 2. The summed E-state index contributed by atoms with van der Waals surface area (Å²) in [6, 6.07) is 7.03. The van der Waals surface area contributed by atoms with Crippen LogP contribution in [0.1, 0.15) is 25.3 Å². The third-order valence-electron chi connectivity index (χ3n) is 4.38. The summed E-state index contributed by atoms with van der Waals surface area (Å²) < 4.78 is 4.09. The van der Waals surface area contributed by atoms with Gasteiger partial charge in [0, 0.05) is 32.1 Å². The van der Waals surface area contributed by atoms with Crippen LogP contribution < -0.4 is 16.0 Å². The van der Waals surface area contributed by atoms with E-state index in [1.807, 2.05) is 0 Å². The van der Waals surface area contributed by atoms with Crippen LogP contribution in [0.5, 0.6) is 0 Å². The Morgan fingerprint density at radius 2 is 1.61 bits per heavy atom. The van der Waals surface area contributed by atoms with Gasteiger partial charge in [0.2, 0.25) is 17.7 Å². The molecular weight excluding hydrogens is 442 g/mol. The normalized spacial score (nSPS) is 13.7. The smallest absolute Gasteiger partial charge is 0.250 e. The van der Waals surface area contributed by atoms with Gasteiger partial charge in [-0.05, 0) is 31.0 Å². The molecule has 9 nitrogen and oxygen atoms in total. The zero-order chi connectivity index (χ0) is 22.9. The third kappa shape index (κ3) is 8.00. The van der Waals surface area contributed by atoms with Gasteiger partial charge in [0.15, 0.2) is 15.6 Å². The zero-order valence-corrected chi connectivity index (χ0v) is 19.0. The van der Waals surface area contributed by atoms with E-state index in [1.165, 1.54) is 28.5 Å². The molecule has 0 spiro atoms. The Kier molecular flexibility index (Phi) is 9.53. The summed E-state index contributed by atoms with van der Waals surface area (Å²) in [6.07, 6.45) is 1.06. The number of anilines is 1. The molecule has 31 heavy (non-hydrogen) atoms. The molecule has 1 saturated heterocycles. The standard InChI is InChI=1S/C20H25N3O6S2/c1-13(24)20(30-31-20)16(25)11-29-12-19(28)23-15-6-3-14(4-7-15)5-8-18(27)22-10-9-17(26)21-2/h3-4,6-7H,5,8-12H2,1-2H3,(H,21,26)(H,22,27)(H,23,28). The highest BCUT2D eigenvalue weighted by molar-refractivity contribution is 8.94. The predicted octanol–water partition coefficient (Wildman–Crippen LogP) is 1.08. The van der Waals surface area contributed by atoms with E-state index in [0.29, 0.717) is 25.1 Å². The van der Waals surface area contributed by atoms with Crippen LogP contribution in [0.25, 0.3) is 0 Å². The number of hydrogen-bond donors (Lipinski definition) is 3. The number of carbonyl (C=O) groups excluding carboxylic acids is 5. The first-order valence-corrected chi connectivity index (χ1v) is 11.8. The van der Waals surface area contributed by atoms with Crippen molar-refractivity contribution in [2.24, 2.45) is 0 Å². The van der Waals surface area contributed by atoms with E-state index in [1.54, 1.807) is 31.3 Å². The highest BCUT2D eigenvalue weighted by Crippen LogP contribution is 2.65. The van der Waals surface area contributed by atoms with Crippen molar-refractivity contribution in [1.82, 2.24) is 10.6 Å². The van der Waals surface area contributed by atoms with Crippen molar-refractivity contribution in [3.8, 4) is 0 Å².